The van der Waals surface area contributed by atoms with Gasteiger partial charge in [0.15, 0.2) is 0 Å². The highest BCUT2D eigenvalue weighted by Crippen LogP contribution is 2.16. The van der Waals surface area contributed by atoms with Gasteiger partial charge in [0.2, 0.25) is 0 Å². The molecule has 132 valence electrons. The molecule has 0 amide bonds. The van der Waals surface area contributed by atoms with E-state index in [2.05, 4.69) is 32.3 Å². The lowest BCUT2D eigenvalue weighted by atomic mass is 10.2. The van der Waals surface area contributed by atoms with E-state index in [1.165, 1.54) is 0 Å². The number of para-hydroxylation sites is 1. The maximum Gasteiger partial charge on any atom is 0.137 e. The molecule has 1 aromatic heterocycles. The predicted molar refractivity (Wildman–Crippen MR) is 96.3 cm³/mol. The van der Waals surface area contributed by atoms with Gasteiger partial charge in [-0.2, -0.15) is 5.26 Å². The van der Waals surface area contributed by atoms with Crippen molar-refractivity contribution in [3.8, 4) is 11.8 Å². The SMILES string of the molecule is CCn1ccnc1CN1CCN(CCOc2ccccc2C#N)CC1. The fourth-order valence-corrected chi connectivity index (χ4v) is 3.12. The van der Waals surface area contributed by atoms with Gasteiger partial charge in [-0.25, -0.2) is 4.98 Å². The molecule has 0 aliphatic carbocycles. The number of piperazine rings is 1. The maximum atomic E-state index is 9.09. The molecule has 1 saturated heterocycles. The normalized spacial score (nSPS) is 15.8. The third-order valence-electron chi connectivity index (χ3n) is 4.64. The van der Waals surface area contributed by atoms with Crippen LogP contribution in [0.5, 0.6) is 5.75 Å². The molecule has 6 nitrogen and oxygen atoms in total. The van der Waals surface area contributed by atoms with Crippen LogP contribution in [-0.2, 0) is 13.1 Å². The van der Waals surface area contributed by atoms with Crippen molar-refractivity contribution < 1.29 is 4.74 Å². The van der Waals surface area contributed by atoms with Gasteiger partial charge in [-0.15, -0.1) is 0 Å². The molecule has 0 N–H and O–H groups in total. The van der Waals surface area contributed by atoms with E-state index in [9.17, 15) is 0 Å². The Morgan fingerprint density at radius 3 is 2.68 bits per heavy atom. The summed E-state index contributed by atoms with van der Waals surface area (Å²) in [5.41, 5.74) is 0.596. The molecular weight excluding hydrogens is 314 g/mol. The number of nitriles is 1. The Labute approximate surface area is 149 Å². The lowest BCUT2D eigenvalue weighted by Crippen LogP contribution is -2.47. The Balaban J connectivity index is 1.40. The van der Waals surface area contributed by atoms with Gasteiger partial charge >= 0.3 is 0 Å². The monoisotopic (exact) mass is 339 g/mol. The van der Waals surface area contributed by atoms with E-state index >= 15 is 0 Å². The van der Waals surface area contributed by atoms with Crippen LogP contribution >= 0.6 is 0 Å². The van der Waals surface area contributed by atoms with Crippen LogP contribution in [0.3, 0.4) is 0 Å². The molecule has 6 heteroatoms. The number of aromatic nitrogens is 2. The van der Waals surface area contributed by atoms with Gasteiger partial charge in [-0.3, -0.25) is 9.80 Å². The highest BCUT2D eigenvalue weighted by atomic mass is 16.5. The first-order chi connectivity index (χ1) is 12.3. The van der Waals surface area contributed by atoms with Crippen LogP contribution in [0.4, 0.5) is 0 Å². The van der Waals surface area contributed by atoms with E-state index in [0.29, 0.717) is 17.9 Å². The minimum absolute atomic E-state index is 0.596. The quantitative estimate of drug-likeness (QED) is 0.772. The lowest BCUT2D eigenvalue weighted by Gasteiger charge is -2.34. The van der Waals surface area contributed by atoms with Gasteiger partial charge in [0.1, 0.15) is 24.3 Å². The lowest BCUT2D eigenvalue weighted by molar-refractivity contribution is 0.110. The van der Waals surface area contributed by atoms with E-state index in [1.807, 2.05) is 30.6 Å². The fourth-order valence-electron chi connectivity index (χ4n) is 3.12. The van der Waals surface area contributed by atoms with Crippen molar-refractivity contribution in [1.82, 2.24) is 19.4 Å². The first-order valence-electron chi connectivity index (χ1n) is 8.86. The maximum absolute atomic E-state index is 9.09. The Kier molecular flexibility index (Phi) is 6.04. The number of nitrogens with zero attached hydrogens (tertiary/aromatic N) is 5. The van der Waals surface area contributed by atoms with Crippen LogP contribution in [0, 0.1) is 11.3 Å². The van der Waals surface area contributed by atoms with Crippen molar-refractivity contribution in [2.45, 2.75) is 20.0 Å². The topological polar surface area (TPSA) is 57.3 Å². The average molecular weight is 339 g/mol. The van der Waals surface area contributed by atoms with E-state index in [-0.39, 0.29) is 0 Å². The summed E-state index contributed by atoms with van der Waals surface area (Å²) in [5.74, 6) is 1.82. The molecule has 1 fully saturated rings. The van der Waals surface area contributed by atoms with E-state index in [4.69, 9.17) is 10.00 Å². The zero-order chi connectivity index (χ0) is 17.5. The summed E-state index contributed by atoms with van der Waals surface area (Å²) in [6, 6.07) is 9.56. The molecule has 0 radical (unpaired) electrons. The van der Waals surface area contributed by atoms with Crippen molar-refractivity contribution in [3.05, 3.63) is 48.0 Å². The second-order valence-electron chi connectivity index (χ2n) is 6.20. The number of rotatable bonds is 7. The molecule has 1 aliphatic heterocycles. The molecule has 1 aliphatic rings. The molecule has 0 atom stereocenters. The Hall–Kier alpha value is -2.36. The van der Waals surface area contributed by atoms with Crippen LogP contribution in [0.25, 0.3) is 0 Å². The standard InChI is InChI=1S/C19H25N5O/c1-2-24-8-7-21-19(24)16-23-11-9-22(10-12-23)13-14-25-18-6-4-3-5-17(18)15-20/h3-8H,2,9-14,16H2,1H3. The second kappa shape index (κ2) is 8.65. The highest BCUT2D eigenvalue weighted by Gasteiger charge is 2.18. The zero-order valence-electron chi connectivity index (χ0n) is 14.8. The second-order valence-corrected chi connectivity index (χ2v) is 6.20. The molecule has 2 heterocycles. The van der Waals surface area contributed by atoms with Crippen LogP contribution in [0.15, 0.2) is 36.7 Å². The molecule has 25 heavy (non-hydrogen) atoms. The highest BCUT2D eigenvalue weighted by molar-refractivity contribution is 5.42. The number of ether oxygens (including phenoxy) is 1. The number of aryl methyl sites for hydroxylation is 1. The van der Waals surface area contributed by atoms with Crippen molar-refractivity contribution in [2.24, 2.45) is 0 Å². The summed E-state index contributed by atoms with van der Waals surface area (Å²) in [7, 11) is 0. The van der Waals surface area contributed by atoms with Gasteiger partial charge < -0.3 is 9.30 Å². The van der Waals surface area contributed by atoms with Gasteiger partial charge in [0.05, 0.1) is 12.1 Å². The summed E-state index contributed by atoms with van der Waals surface area (Å²) in [6.45, 7) is 9.70. The largest absolute Gasteiger partial charge is 0.491 e. The smallest absolute Gasteiger partial charge is 0.137 e. The van der Waals surface area contributed by atoms with Gasteiger partial charge in [-0.05, 0) is 19.1 Å². The molecule has 2 aromatic rings. The third kappa shape index (κ3) is 4.59. The van der Waals surface area contributed by atoms with E-state index < -0.39 is 0 Å². The van der Waals surface area contributed by atoms with Crippen LogP contribution in [0.1, 0.15) is 18.3 Å². The van der Waals surface area contributed by atoms with Crippen molar-refractivity contribution in [2.75, 3.05) is 39.3 Å². The third-order valence-corrected chi connectivity index (χ3v) is 4.64. The number of imidazole rings is 1. The Bertz CT molecular complexity index is 713. The minimum atomic E-state index is 0.596. The summed E-state index contributed by atoms with van der Waals surface area (Å²) in [5, 5.41) is 9.09. The molecule has 0 spiro atoms. The van der Waals surface area contributed by atoms with Gasteiger partial charge in [-0.1, -0.05) is 12.1 Å². The van der Waals surface area contributed by atoms with E-state index in [0.717, 1.165) is 51.6 Å². The van der Waals surface area contributed by atoms with Gasteiger partial charge in [0, 0.05) is 51.7 Å². The van der Waals surface area contributed by atoms with Crippen LogP contribution < -0.4 is 4.74 Å². The fraction of sp³-hybridized carbons (Fsp3) is 0.474. The molecule has 3 rings (SSSR count). The Morgan fingerprint density at radius 1 is 1.16 bits per heavy atom. The van der Waals surface area contributed by atoms with Crippen molar-refractivity contribution >= 4 is 0 Å². The first-order valence-corrected chi connectivity index (χ1v) is 8.86. The number of hydrogen-bond acceptors (Lipinski definition) is 5. The molecular formula is C19H25N5O. The average Bonchev–Trinajstić information content (AvgIpc) is 3.10. The van der Waals surface area contributed by atoms with Crippen molar-refractivity contribution in [1.29, 1.82) is 5.26 Å². The molecule has 0 bridgehead atoms. The Morgan fingerprint density at radius 2 is 1.92 bits per heavy atom. The predicted octanol–water partition coefficient (Wildman–Crippen LogP) is 1.97. The molecule has 0 saturated carbocycles. The van der Waals surface area contributed by atoms with E-state index in [1.54, 1.807) is 6.07 Å². The number of benzene rings is 1. The summed E-state index contributed by atoms with van der Waals surface area (Å²) >= 11 is 0. The summed E-state index contributed by atoms with van der Waals surface area (Å²) < 4.78 is 7.98. The molecule has 0 unspecified atom stereocenters. The zero-order valence-corrected chi connectivity index (χ0v) is 14.8. The molecule has 1 aromatic carbocycles. The minimum Gasteiger partial charge on any atom is -0.491 e. The number of hydrogen-bond donors (Lipinski definition) is 0. The van der Waals surface area contributed by atoms with Gasteiger partial charge in [0.25, 0.3) is 0 Å². The summed E-state index contributed by atoms with van der Waals surface area (Å²) in [4.78, 5) is 9.33. The first kappa shape index (κ1) is 17.5. The van der Waals surface area contributed by atoms with Crippen LogP contribution in [0.2, 0.25) is 0 Å². The van der Waals surface area contributed by atoms with Crippen molar-refractivity contribution in [3.63, 3.8) is 0 Å². The summed E-state index contributed by atoms with van der Waals surface area (Å²) in [6.07, 6.45) is 3.92. The van der Waals surface area contributed by atoms with Crippen LogP contribution in [-0.4, -0.2) is 58.7 Å².